The number of amides is 1. The maximum atomic E-state index is 11.8. The first-order chi connectivity index (χ1) is 10.9. The van der Waals surface area contributed by atoms with E-state index in [0.29, 0.717) is 24.8 Å². The highest BCUT2D eigenvalue weighted by atomic mass is 16.6. The molecule has 2 rings (SSSR count). The third-order valence-electron chi connectivity index (χ3n) is 4.05. The van der Waals surface area contributed by atoms with Crippen LogP contribution in [-0.4, -0.2) is 28.9 Å². The minimum atomic E-state index is -0.444. The summed E-state index contributed by atoms with van der Waals surface area (Å²) in [6.07, 6.45) is 2.26. The van der Waals surface area contributed by atoms with Gasteiger partial charge < -0.3 is 10.1 Å². The molecule has 1 aromatic rings. The molecule has 1 aromatic carbocycles. The Labute approximate surface area is 134 Å². The molecular formula is C16H20N2O5. The van der Waals surface area contributed by atoms with Gasteiger partial charge in [0, 0.05) is 36.4 Å². The lowest BCUT2D eigenvalue weighted by atomic mass is 9.94. The van der Waals surface area contributed by atoms with Crippen molar-refractivity contribution < 1.29 is 19.2 Å². The summed E-state index contributed by atoms with van der Waals surface area (Å²) >= 11 is 0. The van der Waals surface area contributed by atoms with Crippen molar-refractivity contribution in [3.8, 4) is 0 Å². The van der Waals surface area contributed by atoms with Crippen LogP contribution in [0.5, 0.6) is 0 Å². The fourth-order valence-corrected chi connectivity index (χ4v) is 2.66. The third kappa shape index (κ3) is 4.77. The molecular weight excluding hydrogens is 300 g/mol. The van der Waals surface area contributed by atoms with Gasteiger partial charge in [-0.25, -0.2) is 0 Å². The van der Waals surface area contributed by atoms with Gasteiger partial charge in [-0.05, 0) is 19.8 Å². The van der Waals surface area contributed by atoms with Crippen LogP contribution in [0.25, 0.3) is 0 Å². The average Bonchev–Trinajstić information content (AvgIpc) is 2.85. The number of para-hydroxylation sites is 1. The number of nitro benzene ring substituents is 1. The van der Waals surface area contributed by atoms with E-state index >= 15 is 0 Å². The summed E-state index contributed by atoms with van der Waals surface area (Å²) in [4.78, 5) is 33.5. The molecule has 0 bridgehead atoms. The molecule has 0 unspecified atom stereocenters. The molecule has 0 aliphatic carbocycles. The Bertz CT molecular complexity index is 616. The zero-order valence-electron chi connectivity index (χ0n) is 13.0. The summed E-state index contributed by atoms with van der Waals surface area (Å²) in [5, 5.41) is 13.8. The maximum Gasteiger partial charge on any atom is 0.305 e. The SMILES string of the molecule is C[C@]1(CCC(=O)OCCc2ccccc2[N+](=O)[O-])CCC(=O)N1. The molecule has 1 aliphatic heterocycles. The zero-order chi connectivity index (χ0) is 16.9. The van der Waals surface area contributed by atoms with Gasteiger partial charge in [0.1, 0.15) is 0 Å². The lowest BCUT2D eigenvalue weighted by Crippen LogP contribution is -2.38. The van der Waals surface area contributed by atoms with Crippen LogP contribution in [0.15, 0.2) is 24.3 Å². The molecule has 0 aromatic heterocycles. The molecule has 23 heavy (non-hydrogen) atoms. The van der Waals surface area contributed by atoms with E-state index in [1.807, 2.05) is 6.92 Å². The van der Waals surface area contributed by atoms with E-state index in [4.69, 9.17) is 4.74 Å². The van der Waals surface area contributed by atoms with Gasteiger partial charge in [0.15, 0.2) is 0 Å². The number of hydrogen-bond donors (Lipinski definition) is 1. The van der Waals surface area contributed by atoms with Crippen LogP contribution < -0.4 is 5.32 Å². The Hall–Kier alpha value is -2.44. The topological polar surface area (TPSA) is 98.5 Å². The molecule has 0 saturated carbocycles. The van der Waals surface area contributed by atoms with Gasteiger partial charge >= 0.3 is 5.97 Å². The highest BCUT2D eigenvalue weighted by Gasteiger charge is 2.33. The van der Waals surface area contributed by atoms with Crippen molar-refractivity contribution in [3.05, 3.63) is 39.9 Å². The van der Waals surface area contributed by atoms with Gasteiger partial charge in [0.25, 0.3) is 5.69 Å². The molecule has 0 spiro atoms. The van der Waals surface area contributed by atoms with Crippen LogP contribution in [0.1, 0.15) is 38.2 Å². The van der Waals surface area contributed by atoms with E-state index in [9.17, 15) is 19.7 Å². The van der Waals surface area contributed by atoms with Crippen molar-refractivity contribution in [3.63, 3.8) is 0 Å². The van der Waals surface area contributed by atoms with Crippen LogP contribution in [0.4, 0.5) is 5.69 Å². The molecule has 1 heterocycles. The predicted octanol–water partition coefficient (Wildman–Crippen LogP) is 2.13. The Morgan fingerprint density at radius 2 is 2.17 bits per heavy atom. The standard InChI is InChI=1S/C16H20N2O5/c1-16(9-6-14(19)17-16)10-7-15(20)23-11-8-12-4-2-3-5-13(12)18(21)22/h2-5H,6-11H2,1H3,(H,17,19)/t16-/m1/s1. The number of esters is 1. The molecule has 1 aliphatic rings. The number of ether oxygens (including phenoxy) is 1. The van der Waals surface area contributed by atoms with Crippen molar-refractivity contribution in [2.24, 2.45) is 0 Å². The van der Waals surface area contributed by atoms with E-state index in [1.54, 1.807) is 18.2 Å². The highest BCUT2D eigenvalue weighted by molar-refractivity contribution is 5.79. The van der Waals surface area contributed by atoms with Crippen LogP contribution in [0, 0.1) is 10.1 Å². The van der Waals surface area contributed by atoms with Gasteiger partial charge in [-0.15, -0.1) is 0 Å². The number of carbonyl (C=O) groups is 2. The first kappa shape index (κ1) is 16.9. The van der Waals surface area contributed by atoms with E-state index in [0.717, 1.165) is 6.42 Å². The quantitative estimate of drug-likeness (QED) is 0.471. The summed E-state index contributed by atoms with van der Waals surface area (Å²) in [6, 6.07) is 6.40. The summed E-state index contributed by atoms with van der Waals surface area (Å²) in [6.45, 7) is 2.02. The third-order valence-corrected chi connectivity index (χ3v) is 4.05. The second kappa shape index (κ2) is 7.21. The Kier molecular flexibility index (Phi) is 5.31. The second-order valence-corrected chi connectivity index (χ2v) is 5.97. The van der Waals surface area contributed by atoms with Crippen molar-refractivity contribution >= 4 is 17.6 Å². The summed E-state index contributed by atoms with van der Waals surface area (Å²) < 4.78 is 5.14. The molecule has 1 amide bonds. The first-order valence-corrected chi connectivity index (χ1v) is 7.58. The number of carbonyl (C=O) groups excluding carboxylic acids is 2. The number of benzene rings is 1. The Morgan fingerprint density at radius 1 is 1.43 bits per heavy atom. The van der Waals surface area contributed by atoms with Crippen molar-refractivity contribution in [2.45, 2.75) is 44.6 Å². The molecule has 1 N–H and O–H groups in total. The Balaban J connectivity index is 1.75. The van der Waals surface area contributed by atoms with Crippen molar-refractivity contribution in [1.82, 2.24) is 5.32 Å². The molecule has 124 valence electrons. The summed E-state index contributed by atoms with van der Waals surface area (Å²) in [7, 11) is 0. The van der Waals surface area contributed by atoms with Crippen LogP contribution in [-0.2, 0) is 20.7 Å². The molecule has 1 fully saturated rings. The number of nitrogens with one attached hydrogen (secondary N) is 1. The molecule has 1 atom stereocenters. The average molecular weight is 320 g/mol. The largest absolute Gasteiger partial charge is 0.465 e. The molecule has 1 saturated heterocycles. The highest BCUT2D eigenvalue weighted by Crippen LogP contribution is 2.24. The first-order valence-electron chi connectivity index (χ1n) is 7.58. The van der Waals surface area contributed by atoms with Gasteiger partial charge in [-0.2, -0.15) is 0 Å². The number of hydrogen-bond acceptors (Lipinski definition) is 5. The molecule has 7 nitrogen and oxygen atoms in total. The van der Waals surface area contributed by atoms with Crippen molar-refractivity contribution in [2.75, 3.05) is 6.61 Å². The summed E-state index contributed by atoms with van der Waals surface area (Å²) in [5.41, 5.74) is 0.235. The number of rotatable bonds is 7. The minimum Gasteiger partial charge on any atom is -0.465 e. The Morgan fingerprint density at radius 3 is 2.83 bits per heavy atom. The predicted molar refractivity (Wildman–Crippen MR) is 82.8 cm³/mol. The van der Waals surface area contributed by atoms with E-state index < -0.39 is 4.92 Å². The van der Waals surface area contributed by atoms with Crippen LogP contribution >= 0.6 is 0 Å². The van der Waals surface area contributed by atoms with E-state index in [-0.39, 0.29) is 36.1 Å². The van der Waals surface area contributed by atoms with E-state index in [1.165, 1.54) is 6.07 Å². The normalized spacial score (nSPS) is 20.1. The van der Waals surface area contributed by atoms with Crippen molar-refractivity contribution in [1.29, 1.82) is 0 Å². The summed E-state index contributed by atoms with van der Waals surface area (Å²) in [5.74, 6) is -0.344. The van der Waals surface area contributed by atoms with Gasteiger partial charge in [0.2, 0.25) is 5.91 Å². The second-order valence-electron chi connectivity index (χ2n) is 5.97. The maximum absolute atomic E-state index is 11.8. The monoisotopic (exact) mass is 320 g/mol. The van der Waals surface area contributed by atoms with Gasteiger partial charge in [-0.1, -0.05) is 18.2 Å². The number of nitro groups is 1. The molecule has 0 radical (unpaired) electrons. The number of nitrogens with zero attached hydrogens (tertiary/aromatic N) is 1. The van der Waals surface area contributed by atoms with Crippen LogP contribution in [0.2, 0.25) is 0 Å². The smallest absolute Gasteiger partial charge is 0.305 e. The zero-order valence-corrected chi connectivity index (χ0v) is 13.0. The molecule has 7 heteroatoms. The van der Waals surface area contributed by atoms with E-state index in [2.05, 4.69) is 5.32 Å². The minimum absolute atomic E-state index is 0.0113. The van der Waals surface area contributed by atoms with Gasteiger partial charge in [0.05, 0.1) is 11.5 Å². The fraction of sp³-hybridized carbons (Fsp3) is 0.500. The van der Waals surface area contributed by atoms with Gasteiger partial charge in [-0.3, -0.25) is 19.7 Å². The van der Waals surface area contributed by atoms with Crippen LogP contribution in [0.3, 0.4) is 0 Å². The lowest BCUT2D eigenvalue weighted by Gasteiger charge is -2.23. The fourth-order valence-electron chi connectivity index (χ4n) is 2.66. The lowest BCUT2D eigenvalue weighted by molar-refractivity contribution is -0.385.